The predicted molar refractivity (Wildman–Crippen MR) is 119 cm³/mol. The van der Waals surface area contributed by atoms with Gasteiger partial charge in [0.2, 0.25) is 0 Å². The molecule has 1 saturated heterocycles. The van der Waals surface area contributed by atoms with E-state index in [0.29, 0.717) is 44.1 Å². The van der Waals surface area contributed by atoms with Crippen molar-refractivity contribution in [2.45, 2.75) is 51.4 Å². The number of hydrogen-bond donors (Lipinski definition) is 1. The zero-order valence-corrected chi connectivity index (χ0v) is 19.5. The van der Waals surface area contributed by atoms with Gasteiger partial charge in [-0.2, -0.15) is 13.2 Å². The minimum absolute atomic E-state index is 0.257. The van der Waals surface area contributed by atoms with Crippen molar-refractivity contribution in [2.75, 3.05) is 26.7 Å². The van der Waals surface area contributed by atoms with Gasteiger partial charge in [0.25, 0.3) is 0 Å². The molecular weight excluding hydrogens is 450 g/mol. The summed E-state index contributed by atoms with van der Waals surface area (Å²) in [5, 5.41) is 3.03. The van der Waals surface area contributed by atoms with E-state index in [9.17, 15) is 22.4 Å². The fourth-order valence-electron chi connectivity index (χ4n) is 4.71. The van der Waals surface area contributed by atoms with Crippen LogP contribution in [0.4, 0.5) is 22.4 Å². The van der Waals surface area contributed by atoms with Crippen LogP contribution in [0.15, 0.2) is 24.4 Å². The van der Waals surface area contributed by atoms with E-state index in [2.05, 4.69) is 29.1 Å². The second-order valence-electron chi connectivity index (χ2n) is 9.65. The Hall–Kier alpha value is -2.75. The maximum Gasteiger partial charge on any atom is 0.419 e. The molecule has 184 valence electrons. The van der Waals surface area contributed by atoms with Gasteiger partial charge in [-0.3, -0.25) is 0 Å². The summed E-state index contributed by atoms with van der Waals surface area (Å²) in [4.78, 5) is 25.8. The van der Waals surface area contributed by atoms with Gasteiger partial charge in [0.1, 0.15) is 11.6 Å². The van der Waals surface area contributed by atoms with E-state index in [1.807, 2.05) is 18.1 Å². The van der Waals surface area contributed by atoms with Gasteiger partial charge in [0, 0.05) is 38.2 Å². The molecule has 0 bridgehead atoms. The molecule has 2 aromatic rings. The average Bonchev–Trinajstić information content (AvgIpc) is 3.11. The minimum atomic E-state index is -4.74. The molecule has 0 saturated carbocycles. The first-order chi connectivity index (χ1) is 16.0. The van der Waals surface area contributed by atoms with Crippen LogP contribution in [0, 0.1) is 11.7 Å². The number of alkyl halides is 3. The zero-order chi connectivity index (χ0) is 24.6. The number of aromatic nitrogens is 2. The van der Waals surface area contributed by atoms with Crippen molar-refractivity contribution < 1.29 is 22.4 Å². The normalized spacial score (nSPS) is 21.1. The van der Waals surface area contributed by atoms with Crippen molar-refractivity contribution in [2.24, 2.45) is 5.92 Å². The number of nitrogens with zero attached hydrogens (tertiary/aromatic N) is 4. The number of rotatable bonds is 4. The Morgan fingerprint density at radius 3 is 2.71 bits per heavy atom. The number of carbonyl (C=O) groups excluding carboxylic acids is 1. The summed E-state index contributed by atoms with van der Waals surface area (Å²) >= 11 is 0. The number of nitrogens with one attached hydrogen (secondary N) is 1. The van der Waals surface area contributed by atoms with Gasteiger partial charge in [0.05, 0.1) is 23.8 Å². The number of fused-ring (bicyclic) bond motifs is 1. The molecular formula is C24H29F4N5O. The molecule has 1 aromatic heterocycles. The first-order valence-electron chi connectivity index (χ1n) is 11.5. The van der Waals surface area contributed by atoms with Crippen LogP contribution in [0.1, 0.15) is 48.0 Å². The van der Waals surface area contributed by atoms with E-state index in [-0.39, 0.29) is 18.0 Å². The van der Waals surface area contributed by atoms with Crippen LogP contribution in [0.3, 0.4) is 0 Å². The summed E-state index contributed by atoms with van der Waals surface area (Å²) in [6.07, 6.45) is -1.48. The highest BCUT2D eigenvalue weighted by atomic mass is 19.4. The van der Waals surface area contributed by atoms with Gasteiger partial charge < -0.3 is 15.1 Å². The lowest BCUT2D eigenvalue weighted by Gasteiger charge is -2.30. The van der Waals surface area contributed by atoms with E-state index in [1.165, 1.54) is 6.07 Å². The second kappa shape index (κ2) is 9.48. The highest BCUT2D eigenvalue weighted by Crippen LogP contribution is 2.34. The van der Waals surface area contributed by atoms with Crippen LogP contribution >= 0.6 is 0 Å². The lowest BCUT2D eigenvalue weighted by molar-refractivity contribution is -0.140. The molecule has 3 heterocycles. The molecule has 2 aliphatic heterocycles. The number of carbonyl (C=O) groups is 1. The van der Waals surface area contributed by atoms with Gasteiger partial charge >= 0.3 is 12.2 Å². The molecule has 0 spiro atoms. The third kappa shape index (κ3) is 5.32. The number of amides is 2. The molecule has 34 heavy (non-hydrogen) atoms. The maximum absolute atomic E-state index is 14.2. The monoisotopic (exact) mass is 479 g/mol. The van der Waals surface area contributed by atoms with Crippen molar-refractivity contribution >= 4 is 6.03 Å². The van der Waals surface area contributed by atoms with Gasteiger partial charge in [-0.1, -0.05) is 19.9 Å². The fraction of sp³-hybridized carbons (Fsp3) is 0.542. The van der Waals surface area contributed by atoms with Crippen LogP contribution in [-0.4, -0.2) is 58.5 Å². The zero-order valence-electron chi connectivity index (χ0n) is 19.5. The Labute approximate surface area is 196 Å². The Balaban J connectivity index is 1.46. The van der Waals surface area contributed by atoms with E-state index in [4.69, 9.17) is 0 Å². The number of benzene rings is 1. The number of hydrogen-bond acceptors (Lipinski definition) is 4. The van der Waals surface area contributed by atoms with Gasteiger partial charge in [-0.05, 0) is 42.6 Å². The molecule has 0 aliphatic carbocycles. The van der Waals surface area contributed by atoms with Gasteiger partial charge in [0.15, 0.2) is 0 Å². The quantitative estimate of drug-likeness (QED) is 0.674. The third-order valence-electron chi connectivity index (χ3n) is 6.41. The van der Waals surface area contributed by atoms with Crippen LogP contribution in [-0.2, 0) is 25.6 Å². The molecule has 0 unspecified atom stereocenters. The van der Waals surface area contributed by atoms with E-state index >= 15 is 0 Å². The number of likely N-dealkylation sites (N-methyl/N-ethyl adjacent to an activating group) is 1. The predicted octanol–water partition coefficient (Wildman–Crippen LogP) is 4.00. The molecule has 6 nitrogen and oxygen atoms in total. The summed E-state index contributed by atoms with van der Waals surface area (Å²) in [6, 6.07) is 2.41. The Bertz CT molecular complexity index is 1060. The fourth-order valence-corrected chi connectivity index (χ4v) is 4.71. The second-order valence-corrected chi connectivity index (χ2v) is 9.65. The number of likely N-dealkylation sites (tertiary alicyclic amines) is 1. The summed E-state index contributed by atoms with van der Waals surface area (Å²) < 4.78 is 53.0. The minimum Gasteiger partial charge on any atom is -0.333 e. The van der Waals surface area contributed by atoms with Crippen LogP contribution in [0.5, 0.6) is 0 Å². The largest absolute Gasteiger partial charge is 0.419 e. The summed E-state index contributed by atoms with van der Waals surface area (Å²) in [5.74, 6) is -0.429. The SMILES string of the molecule is CC(C)Cc1ncc2c(n1)CN(C(=O)N[C@@H]1CN(C)C[C@H]1c1ccc(C(F)(F)F)c(F)c1)CC2. The summed E-state index contributed by atoms with van der Waals surface area (Å²) in [6.45, 7) is 6.11. The molecule has 10 heteroatoms. The van der Waals surface area contributed by atoms with E-state index < -0.39 is 17.6 Å². The Kier molecular flexibility index (Phi) is 6.80. The van der Waals surface area contributed by atoms with Crippen LogP contribution in [0.2, 0.25) is 0 Å². The first-order valence-corrected chi connectivity index (χ1v) is 11.5. The molecule has 1 aromatic carbocycles. The third-order valence-corrected chi connectivity index (χ3v) is 6.41. The molecule has 2 aliphatic rings. The average molecular weight is 480 g/mol. The number of urea groups is 1. The standard InChI is InChI=1S/C24H29F4N5O/c1-14(2)8-22-29-10-16-6-7-33(13-20(16)30-22)23(34)31-21-12-32(3)11-17(21)15-4-5-18(19(25)9-15)24(26,27)28/h4-5,9-10,14,17,21H,6-8,11-13H2,1-3H3,(H,31,34)/t17-,21+/m0/s1. The number of halogens is 4. The van der Waals surface area contributed by atoms with Gasteiger partial charge in [-0.25, -0.2) is 19.2 Å². The van der Waals surface area contributed by atoms with Crippen molar-refractivity contribution in [3.63, 3.8) is 0 Å². The molecule has 4 rings (SSSR count). The highest BCUT2D eigenvalue weighted by molar-refractivity contribution is 5.75. The van der Waals surface area contributed by atoms with Crippen molar-refractivity contribution in [1.29, 1.82) is 0 Å². The Morgan fingerprint density at radius 2 is 2.03 bits per heavy atom. The Morgan fingerprint density at radius 1 is 1.26 bits per heavy atom. The molecule has 1 N–H and O–H groups in total. The first kappa shape index (κ1) is 24.4. The molecule has 1 fully saturated rings. The lowest BCUT2D eigenvalue weighted by Crippen LogP contribution is -2.49. The molecule has 2 amide bonds. The highest BCUT2D eigenvalue weighted by Gasteiger charge is 2.38. The molecule has 2 atom stereocenters. The summed E-state index contributed by atoms with van der Waals surface area (Å²) in [5.41, 5.74) is 1.04. The summed E-state index contributed by atoms with van der Waals surface area (Å²) in [7, 11) is 1.86. The molecule has 0 radical (unpaired) electrons. The smallest absolute Gasteiger partial charge is 0.333 e. The van der Waals surface area contributed by atoms with Crippen LogP contribution in [0.25, 0.3) is 0 Å². The van der Waals surface area contributed by atoms with E-state index in [1.54, 1.807) is 4.90 Å². The van der Waals surface area contributed by atoms with Crippen molar-refractivity contribution in [3.8, 4) is 0 Å². The topological polar surface area (TPSA) is 61.4 Å². The van der Waals surface area contributed by atoms with Gasteiger partial charge in [-0.15, -0.1) is 0 Å². The van der Waals surface area contributed by atoms with Crippen LogP contribution < -0.4 is 5.32 Å². The van der Waals surface area contributed by atoms with Crippen molar-refractivity contribution in [3.05, 3.63) is 58.4 Å². The van der Waals surface area contributed by atoms with E-state index in [0.717, 1.165) is 35.6 Å². The maximum atomic E-state index is 14.2. The van der Waals surface area contributed by atoms with Crippen molar-refractivity contribution in [1.82, 2.24) is 25.1 Å². The lowest BCUT2D eigenvalue weighted by atomic mass is 9.93.